The summed E-state index contributed by atoms with van der Waals surface area (Å²) in [5.41, 5.74) is 1.51. The first kappa shape index (κ1) is 25.6. The van der Waals surface area contributed by atoms with Crippen LogP contribution in [0, 0.1) is 6.92 Å². The molecule has 0 unspecified atom stereocenters. The van der Waals surface area contributed by atoms with Gasteiger partial charge in [0, 0.05) is 10.0 Å². The molecule has 0 saturated carbocycles. The molecule has 0 atom stereocenters. The number of halogens is 2. The number of amides is 1. The van der Waals surface area contributed by atoms with Crippen LogP contribution in [0.15, 0.2) is 102 Å². The number of benzene rings is 4. The van der Waals surface area contributed by atoms with E-state index in [1.54, 1.807) is 48.5 Å². The van der Waals surface area contributed by atoms with E-state index < -0.39 is 22.5 Å². The first-order valence-corrected chi connectivity index (χ1v) is 13.1. The van der Waals surface area contributed by atoms with Gasteiger partial charge < -0.3 is 10.1 Å². The molecule has 0 aliphatic rings. The third kappa shape index (κ3) is 6.18. The number of sulfonamides is 1. The van der Waals surface area contributed by atoms with Crippen molar-refractivity contribution in [2.75, 3.05) is 16.2 Å². The largest absolute Gasteiger partial charge is 0.455 e. The van der Waals surface area contributed by atoms with Crippen LogP contribution in [0.3, 0.4) is 0 Å². The Hall–Kier alpha value is -3.52. The third-order valence-corrected chi connectivity index (χ3v) is 7.44. The molecular weight excluding hydrogens is 519 g/mol. The number of carbonyl (C=O) groups is 1. The summed E-state index contributed by atoms with van der Waals surface area (Å²) in [7, 11) is -4.09. The summed E-state index contributed by atoms with van der Waals surface area (Å²) in [5.74, 6) is 0.359. The van der Waals surface area contributed by atoms with Gasteiger partial charge in [0.25, 0.3) is 10.0 Å². The van der Waals surface area contributed by atoms with E-state index >= 15 is 0 Å². The summed E-state index contributed by atoms with van der Waals surface area (Å²) in [6, 6.07) is 26.6. The Morgan fingerprint density at radius 1 is 0.861 bits per heavy atom. The Bertz CT molecular complexity index is 1480. The number of nitrogens with one attached hydrogen (secondary N) is 1. The van der Waals surface area contributed by atoms with E-state index in [0.717, 1.165) is 9.87 Å². The van der Waals surface area contributed by atoms with Gasteiger partial charge in [-0.2, -0.15) is 0 Å². The Morgan fingerprint density at radius 3 is 2.25 bits per heavy atom. The summed E-state index contributed by atoms with van der Waals surface area (Å²) in [5, 5.41) is 3.53. The number of nitrogens with zero attached hydrogens (tertiary/aromatic N) is 1. The summed E-state index contributed by atoms with van der Waals surface area (Å²) < 4.78 is 34.1. The van der Waals surface area contributed by atoms with Gasteiger partial charge in [0.15, 0.2) is 5.75 Å². The molecule has 9 heteroatoms. The molecule has 4 aromatic rings. The molecule has 36 heavy (non-hydrogen) atoms. The molecule has 0 fully saturated rings. The molecule has 0 aromatic heterocycles. The highest BCUT2D eigenvalue weighted by Crippen LogP contribution is 2.32. The minimum atomic E-state index is -4.09. The highest BCUT2D eigenvalue weighted by Gasteiger charge is 2.27. The zero-order valence-corrected chi connectivity index (χ0v) is 21.5. The predicted octanol–water partition coefficient (Wildman–Crippen LogP) is 6.93. The molecule has 0 heterocycles. The molecule has 0 aliphatic heterocycles. The fraction of sp³-hybridized carbons (Fsp3) is 0.0741. The molecule has 0 aliphatic carbocycles. The SMILES string of the molecule is Cc1cccc(N(CC(=O)Nc2cc(Cl)ccc2Oc2ccccc2)S(=O)(=O)c2ccc(Cl)cc2)c1. The summed E-state index contributed by atoms with van der Waals surface area (Å²) in [6.45, 7) is 1.36. The van der Waals surface area contributed by atoms with Crippen LogP contribution in [0.5, 0.6) is 11.5 Å². The van der Waals surface area contributed by atoms with Crippen molar-refractivity contribution in [1.82, 2.24) is 0 Å². The van der Waals surface area contributed by atoms with Gasteiger partial charge in [0.1, 0.15) is 12.3 Å². The van der Waals surface area contributed by atoms with Crippen LogP contribution in [0.4, 0.5) is 11.4 Å². The lowest BCUT2D eigenvalue weighted by Gasteiger charge is -2.24. The molecule has 4 aromatic carbocycles. The number of aryl methyl sites for hydroxylation is 1. The fourth-order valence-corrected chi connectivity index (χ4v) is 5.17. The van der Waals surface area contributed by atoms with Gasteiger partial charge in [-0.05, 0) is 79.2 Å². The van der Waals surface area contributed by atoms with Crippen molar-refractivity contribution in [2.24, 2.45) is 0 Å². The van der Waals surface area contributed by atoms with E-state index in [2.05, 4.69) is 5.32 Å². The van der Waals surface area contributed by atoms with Gasteiger partial charge in [0.2, 0.25) is 5.91 Å². The van der Waals surface area contributed by atoms with Crippen molar-refractivity contribution < 1.29 is 17.9 Å². The number of hydrogen-bond acceptors (Lipinski definition) is 4. The predicted molar refractivity (Wildman–Crippen MR) is 144 cm³/mol. The smallest absolute Gasteiger partial charge is 0.264 e. The number of rotatable bonds is 8. The average Bonchev–Trinajstić information content (AvgIpc) is 2.85. The van der Waals surface area contributed by atoms with Gasteiger partial charge >= 0.3 is 0 Å². The van der Waals surface area contributed by atoms with E-state index in [-0.39, 0.29) is 4.90 Å². The monoisotopic (exact) mass is 540 g/mol. The van der Waals surface area contributed by atoms with Crippen molar-refractivity contribution in [3.8, 4) is 11.5 Å². The molecule has 184 valence electrons. The summed E-state index contributed by atoms with van der Waals surface area (Å²) in [4.78, 5) is 13.2. The molecule has 6 nitrogen and oxygen atoms in total. The molecular formula is C27H22Cl2N2O4S. The Kier molecular flexibility index (Phi) is 7.84. The number of ether oxygens (including phenoxy) is 1. The van der Waals surface area contributed by atoms with Gasteiger partial charge in [0.05, 0.1) is 16.3 Å². The second-order valence-electron chi connectivity index (χ2n) is 7.91. The Balaban J connectivity index is 1.64. The van der Waals surface area contributed by atoms with Crippen LogP contribution in [-0.4, -0.2) is 20.9 Å². The number of carbonyl (C=O) groups excluding carboxylic acids is 1. The van der Waals surface area contributed by atoms with Gasteiger partial charge in [-0.15, -0.1) is 0 Å². The number of anilines is 2. The van der Waals surface area contributed by atoms with Crippen molar-refractivity contribution in [1.29, 1.82) is 0 Å². The van der Waals surface area contributed by atoms with Gasteiger partial charge in [-0.1, -0.05) is 53.5 Å². The quantitative estimate of drug-likeness (QED) is 0.263. The Morgan fingerprint density at radius 2 is 1.56 bits per heavy atom. The van der Waals surface area contributed by atoms with E-state index in [1.807, 2.05) is 31.2 Å². The lowest BCUT2D eigenvalue weighted by molar-refractivity contribution is -0.114. The molecule has 1 amide bonds. The van der Waals surface area contributed by atoms with Crippen LogP contribution in [0.2, 0.25) is 10.0 Å². The molecule has 0 saturated heterocycles. The topological polar surface area (TPSA) is 75.7 Å². The van der Waals surface area contributed by atoms with Crippen LogP contribution >= 0.6 is 23.2 Å². The molecule has 1 N–H and O–H groups in total. The van der Waals surface area contributed by atoms with Crippen molar-refractivity contribution in [3.05, 3.63) is 113 Å². The molecule has 0 spiro atoms. The van der Waals surface area contributed by atoms with Gasteiger partial charge in [-0.3, -0.25) is 9.10 Å². The highest BCUT2D eigenvalue weighted by molar-refractivity contribution is 7.92. The average molecular weight is 541 g/mol. The minimum absolute atomic E-state index is 0.0112. The lowest BCUT2D eigenvalue weighted by Crippen LogP contribution is -2.38. The number of hydrogen-bond donors (Lipinski definition) is 1. The van der Waals surface area contributed by atoms with Crippen molar-refractivity contribution in [3.63, 3.8) is 0 Å². The van der Waals surface area contributed by atoms with E-state index in [1.165, 1.54) is 24.3 Å². The van der Waals surface area contributed by atoms with Crippen LogP contribution in [-0.2, 0) is 14.8 Å². The summed E-state index contributed by atoms with van der Waals surface area (Å²) >= 11 is 12.1. The zero-order valence-electron chi connectivity index (χ0n) is 19.2. The Labute approximate surface area is 220 Å². The van der Waals surface area contributed by atoms with Crippen molar-refractivity contribution in [2.45, 2.75) is 11.8 Å². The van der Waals surface area contributed by atoms with E-state index in [4.69, 9.17) is 27.9 Å². The standard InChI is InChI=1S/C27H22Cl2N2O4S/c1-19-6-5-7-22(16-19)31(36(33,34)24-13-10-20(28)11-14-24)18-27(32)30-25-17-21(29)12-15-26(25)35-23-8-3-2-4-9-23/h2-17H,18H2,1H3,(H,30,32). The zero-order chi connectivity index (χ0) is 25.7. The molecule has 0 bridgehead atoms. The van der Waals surface area contributed by atoms with Crippen LogP contribution in [0.1, 0.15) is 5.56 Å². The summed E-state index contributed by atoms with van der Waals surface area (Å²) in [6.07, 6.45) is 0. The lowest BCUT2D eigenvalue weighted by atomic mass is 10.2. The maximum atomic E-state index is 13.6. The fourth-order valence-electron chi connectivity index (χ4n) is 3.46. The maximum Gasteiger partial charge on any atom is 0.264 e. The van der Waals surface area contributed by atoms with Gasteiger partial charge in [-0.25, -0.2) is 8.42 Å². The molecule has 4 rings (SSSR count). The normalized spacial score (nSPS) is 11.1. The second kappa shape index (κ2) is 11.0. The van der Waals surface area contributed by atoms with Crippen LogP contribution < -0.4 is 14.4 Å². The molecule has 0 radical (unpaired) electrons. The third-order valence-electron chi connectivity index (χ3n) is 5.17. The number of para-hydroxylation sites is 1. The van der Waals surface area contributed by atoms with Crippen molar-refractivity contribution >= 4 is 50.5 Å². The first-order chi connectivity index (χ1) is 17.2. The maximum absolute atomic E-state index is 13.6. The first-order valence-electron chi connectivity index (χ1n) is 10.9. The van der Waals surface area contributed by atoms with Crippen LogP contribution in [0.25, 0.3) is 0 Å². The minimum Gasteiger partial charge on any atom is -0.455 e. The second-order valence-corrected chi connectivity index (χ2v) is 10.6. The van der Waals surface area contributed by atoms with E-state index in [0.29, 0.717) is 32.9 Å². The highest BCUT2D eigenvalue weighted by atomic mass is 35.5. The van der Waals surface area contributed by atoms with E-state index in [9.17, 15) is 13.2 Å².